The van der Waals surface area contributed by atoms with E-state index in [1.165, 1.54) is 270 Å². The van der Waals surface area contributed by atoms with Crippen molar-refractivity contribution >= 4 is 19.8 Å². The number of phosphoric ester groups is 1. The van der Waals surface area contributed by atoms with Gasteiger partial charge < -0.3 is 27.9 Å². The number of carbonyl (C=O) groups excluding carboxylic acids is 2. The Morgan fingerprint density at radius 2 is 0.663 bits per heavy atom. The fourth-order valence-corrected chi connectivity index (χ4v) is 11.9. The van der Waals surface area contributed by atoms with Gasteiger partial charge in [0.1, 0.15) is 19.8 Å². The van der Waals surface area contributed by atoms with Crippen LogP contribution in [0.4, 0.5) is 0 Å². The van der Waals surface area contributed by atoms with Gasteiger partial charge in [0.05, 0.1) is 27.7 Å². The summed E-state index contributed by atoms with van der Waals surface area (Å²) in [4.78, 5) is 38.1. The van der Waals surface area contributed by atoms with E-state index in [-0.39, 0.29) is 32.0 Å². The van der Waals surface area contributed by atoms with Crippen molar-refractivity contribution in [2.45, 2.75) is 380 Å². The van der Waals surface area contributed by atoms with Crippen LogP contribution in [0.15, 0.2) is 48.6 Å². The van der Waals surface area contributed by atoms with Crippen LogP contribution in [0.5, 0.6) is 0 Å². The number of unbranched alkanes of at least 4 members (excludes halogenated alkanes) is 48. The number of allylic oxidation sites excluding steroid dienone is 8. The van der Waals surface area contributed by atoms with Crippen LogP contribution >= 0.6 is 7.82 Å². The zero-order valence-electron chi connectivity index (χ0n) is 57.8. The topological polar surface area (TPSA) is 111 Å². The minimum absolute atomic E-state index is 0.0310. The number of rotatable bonds is 70. The number of esters is 2. The molecule has 0 aliphatic rings. The lowest BCUT2D eigenvalue weighted by atomic mass is 10.0. The highest BCUT2D eigenvalue weighted by Gasteiger charge is 2.22. The smallest absolute Gasteiger partial charge is 0.306 e. The lowest BCUT2D eigenvalue weighted by Gasteiger charge is -2.28. The summed E-state index contributed by atoms with van der Waals surface area (Å²) in [5.41, 5.74) is 0. The molecule has 10 heteroatoms. The Bertz CT molecular complexity index is 1590. The van der Waals surface area contributed by atoms with Crippen LogP contribution < -0.4 is 4.89 Å². The second-order valence-electron chi connectivity index (χ2n) is 26.6. The van der Waals surface area contributed by atoms with E-state index >= 15 is 0 Å². The molecule has 0 saturated heterocycles. The quantitative estimate of drug-likeness (QED) is 0.0195. The molecule has 0 amide bonds. The van der Waals surface area contributed by atoms with Crippen LogP contribution in [-0.2, 0) is 32.7 Å². The number of hydrogen-bond donors (Lipinski definition) is 0. The Balaban J connectivity index is 3.89. The van der Waals surface area contributed by atoms with Crippen molar-refractivity contribution < 1.29 is 42.1 Å². The first kappa shape index (κ1) is 84.0. The maximum absolute atomic E-state index is 12.9. The molecule has 0 heterocycles. The van der Waals surface area contributed by atoms with Gasteiger partial charge in [0.2, 0.25) is 0 Å². The van der Waals surface area contributed by atoms with E-state index in [0.717, 1.165) is 70.6 Å². The summed E-state index contributed by atoms with van der Waals surface area (Å²) in [6, 6.07) is 0. The fraction of sp³-hybridized carbons (Fsp3) is 0.868. The molecule has 0 spiro atoms. The summed E-state index contributed by atoms with van der Waals surface area (Å²) in [5, 5.41) is 0. The Kier molecular flexibility index (Phi) is 65.8. The van der Waals surface area contributed by atoms with Crippen molar-refractivity contribution in [2.24, 2.45) is 0 Å². The molecule has 0 aliphatic carbocycles. The van der Waals surface area contributed by atoms with Crippen molar-refractivity contribution in [3.05, 3.63) is 48.6 Å². The second kappa shape index (κ2) is 67.4. The maximum atomic E-state index is 12.9. The van der Waals surface area contributed by atoms with E-state index in [4.69, 9.17) is 18.5 Å². The molecule has 0 radical (unpaired) electrons. The van der Waals surface area contributed by atoms with Crippen molar-refractivity contribution in [2.75, 3.05) is 47.5 Å². The molecule has 86 heavy (non-hydrogen) atoms. The summed E-state index contributed by atoms with van der Waals surface area (Å²) in [7, 11) is 1.18. The van der Waals surface area contributed by atoms with Crippen LogP contribution in [0.2, 0.25) is 0 Å². The van der Waals surface area contributed by atoms with Crippen LogP contribution in [0.1, 0.15) is 373 Å². The van der Waals surface area contributed by atoms with Gasteiger partial charge in [-0.3, -0.25) is 14.2 Å². The lowest BCUT2D eigenvalue weighted by Crippen LogP contribution is -2.37. The summed E-state index contributed by atoms with van der Waals surface area (Å²) >= 11 is 0. The van der Waals surface area contributed by atoms with Crippen LogP contribution in [0.25, 0.3) is 0 Å². The van der Waals surface area contributed by atoms with E-state index in [2.05, 4.69) is 62.5 Å². The number of likely N-dealkylation sites (N-methyl/N-ethyl adjacent to an activating group) is 1. The molecule has 506 valence electrons. The van der Waals surface area contributed by atoms with E-state index < -0.39 is 26.5 Å². The standard InChI is InChI=1S/C76H144NO8P/c1-6-8-10-12-14-16-18-20-22-24-26-28-30-31-32-33-34-35-36-37-38-39-40-41-42-43-44-45-47-48-50-52-54-56-58-60-62-64-66-68-75(78)82-72-74(73-84-86(80,81)83-71-70-77(3,4)5)85-76(79)69-67-65-63-61-59-57-55-53-51-49-46-29-27-25-23-21-19-17-15-13-11-9-7-2/h9,11,15,17,21,23,27,29,74H,6-8,10,12-14,16,18-20,22,24-26,28,30-73H2,1-5H3/b11-9-,17-15-,23-21-,29-27-. The number of nitrogens with zero attached hydrogens (tertiary/aromatic N) is 1. The van der Waals surface area contributed by atoms with E-state index in [1.807, 2.05) is 21.1 Å². The third-order valence-electron chi connectivity index (χ3n) is 16.9. The molecule has 2 unspecified atom stereocenters. The van der Waals surface area contributed by atoms with Crippen molar-refractivity contribution in [3.8, 4) is 0 Å². The zero-order chi connectivity index (χ0) is 62.6. The number of carbonyl (C=O) groups is 2. The van der Waals surface area contributed by atoms with Gasteiger partial charge in [-0.25, -0.2) is 0 Å². The number of phosphoric acid groups is 1. The SMILES string of the molecule is CC/C=C\C/C=C\C/C=C\C/C=C\CCCCCCCCCCCCC(=O)OC(COC(=O)CCCCCCCCCCCCCCCCCCCCCCCCCCCCCCCCCCCCCCCCC)COP(=O)([O-])OCC[N+](C)(C)C. The third-order valence-corrected chi connectivity index (χ3v) is 17.8. The summed E-state index contributed by atoms with van der Waals surface area (Å²) in [5.74, 6) is -0.822. The minimum atomic E-state index is -4.64. The molecule has 0 aromatic rings. The molecule has 0 rings (SSSR count). The highest BCUT2D eigenvalue weighted by molar-refractivity contribution is 7.45. The average molecular weight is 1230 g/mol. The summed E-state index contributed by atoms with van der Waals surface area (Å²) < 4.78 is 34.3. The number of hydrogen-bond acceptors (Lipinski definition) is 8. The van der Waals surface area contributed by atoms with Crippen molar-refractivity contribution in [1.29, 1.82) is 0 Å². The molecule has 0 aliphatic heterocycles. The predicted octanol–water partition coefficient (Wildman–Crippen LogP) is 23.8. The van der Waals surface area contributed by atoms with E-state index in [0.29, 0.717) is 17.4 Å². The molecule has 0 N–H and O–H groups in total. The Hall–Kier alpha value is -2.03. The Labute approximate surface area is 534 Å². The highest BCUT2D eigenvalue weighted by atomic mass is 31.2. The van der Waals surface area contributed by atoms with Crippen LogP contribution in [0.3, 0.4) is 0 Å². The highest BCUT2D eigenvalue weighted by Crippen LogP contribution is 2.38. The van der Waals surface area contributed by atoms with Crippen molar-refractivity contribution in [3.63, 3.8) is 0 Å². The van der Waals surface area contributed by atoms with E-state index in [1.54, 1.807) is 0 Å². The molecular weight excluding hydrogens is 1090 g/mol. The molecule has 2 atom stereocenters. The largest absolute Gasteiger partial charge is 0.756 e. The van der Waals surface area contributed by atoms with Crippen molar-refractivity contribution in [1.82, 2.24) is 0 Å². The van der Waals surface area contributed by atoms with Gasteiger partial charge in [-0.15, -0.1) is 0 Å². The van der Waals surface area contributed by atoms with Gasteiger partial charge in [0.25, 0.3) is 7.82 Å². The second-order valence-corrected chi connectivity index (χ2v) is 28.1. The monoisotopic (exact) mass is 1230 g/mol. The molecule has 0 fully saturated rings. The Morgan fingerprint density at radius 1 is 0.372 bits per heavy atom. The van der Waals surface area contributed by atoms with Crippen LogP contribution in [-0.4, -0.2) is 70.0 Å². The normalized spacial score (nSPS) is 13.3. The zero-order valence-corrected chi connectivity index (χ0v) is 58.7. The fourth-order valence-electron chi connectivity index (χ4n) is 11.2. The van der Waals surface area contributed by atoms with Gasteiger partial charge in [0, 0.05) is 12.8 Å². The first-order valence-corrected chi connectivity index (χ1v) is 38.8. The lowest BCUT2D eigenvalue weighted by molar-refractivity contribution is -0.870. The first-order valence-electron chi connectivity index (χ1n) is 37.3. The molecule has 0 aromatic heterocycles. The predicted molar refractivity (Wildman–Crippen MR) is 370 cm³/mol. The van der Waals surface area contributed by atoms with Gasteiger partial charge in [-0.05, 0) is 51.4 Å². The number of quaternary nitrogens is 1. The molecule has 9 nitrogen and oxygen atoms in total. The average Bonchev–Trinajstić information content (AvgIpc) is 3.56. The minimum Gasteiger partial charge on any atom is -0.756 e. The molecular formula is C76H144NO8P. The first-order chi connectivity index (χ1) is 42.0. The maximum Gasteiger partial charge on any atom is 0.306 e. The van der Waals surface area contributed by atoms with Gasteiger partial charge in [-0.2, -0.15) is 0 Å². The van der Waals surface area contributed by atoms with E-state index in [9.17, 15) is 19.0 Å². The third kappa shape index (κ3) is 71.1. The summed E-state index contributed by atoms with van der Waals surface area (Å²) in [6.45, 7) is 4.18. The summed E-state index contributed by atoms with van der Waals surface area (Å²) in [6.07, 6.45) is 88.0. The molecule has 0 aromatic carbocycles. The van der Waals surface area contributed by atoms with Gasteiger partial charge >= 0.3 is 11.9 Å². The van der Waals surface area contributed by atoms with Crippen LogP contribution in [0, 0.1) is 0 Å². The van der Waals surface area contributed by atoms with Gasteiger partial charge in [-0.1, -0.05) is 358 Å². The van der Waals surface area contributed by atoms with Gasteiger partial charge in [0.15, 0.2) is 6.10 Å². The molecule has 0 bridgehead atoms. The molecule has 0 saturated carbocycles. The number of ether oxygens (including phenoxy) is 2. The Morgan fingerprint density at radius 3 is 0.988 bits per heavy atom.